The maximum Gasteiger partial charge on any atom is 0.359 e. The van der Waals surface area contributed by atoms with Crippen molar-refractivity contribution >= 4 is 12.9 Å². The van der Waals surface area contributed by atoms with E-state index >= 15 is 0 Å². The molecule has 5 fully saturated rings. The fourth-order valence-corrected chi connectivity index (χ4v) is 7.58. The van der Waals surface area contributed by atoms with Crippen molar-refractivity contribution < 1.29 is 28.5 Å². The Balaban J connectivity index is 1.48. The lowest BCUT2D eigenvalue weighted by Gasteiger charge is -2.56. The predicted molar refractivity (Wildman–Crippen MR) is 94.2 cm³/mol. The van der Waals surface area contributed by atoms with Gasteiger partial charge >= 0.3 is 7.60 Å². The summed E-state index contributed by atoms with van der Waals surface area (Å²) < 4.78 is 24.8. The van der Waals surface area contributed by atoms with E-state index in [0.717, 1.165) is 19.3 Å². The molecule has 6 rings (SSSR count). The van der Waals surface area contributed by atoms with Crippen LogP contribution in [0.1, 0.15) is 50.2 Å². The first kappa shape index (κ1) is 17.2. The average molecular weight is 380 g/mol. The van der Waals surface area contributed by atoms with Crippen LogP contribution in [-0.2, 0) is 18.9 Å². The Morgan fingerprint density at radius 2 is 1.77 bits per heavy atom. The van der Waals surface area contributed by atoms with E-state index in [-0.39, 0.29) is 11.4 Å². The van der Waals surface area contributed by atoms with Crippen molar-refractivity contribution in [3.63, 3.8) is 0 Å². The molecule has 0 aromatic heterocycles. The van der Waals surface area contributed by atoms with Gasteiger partial charge in [-0.15, -0.1) is 0 Å². The van der Waals surface area contributed by atoms with Crippen LogP contribution in [0.15, 0.2) is 18.2 Å². The zero-order chi connectivity index (χ0) is 17.9. The molecular formula is C19H25O6P. The lowest BCUT2D eigenvalue weighted by Crippen LogP contribution is -2.51. The highest BCUT2D eigenvalue weighted by Gasteiger charge is 2.54. The largest absolute Gasteiger partial charge is 0.497 e. The van der Waals surface area contributed by atoms with Gasteiger partial charge in [0.2, 0.25) is 0 Å². The third-order valence-corrected chi connectivity index (χ3v) is 8.22. The third kappa shape index (κ3) is 2.83. The lowest BCUT2D eigenvalue weighted by atomic mass is 9.54. The Morgan fingerprint density at radius 3 is 2.27 bits per heavy atom. The van der Waals surface area contributed by atoms with E-state index in [1.807, 2.05) is 0 Å². The van der Waals surface area contributed by atoms with E-state index in [2.05, 4.69) is 0 Å². The van der Waals surface area contributed by atoms with Crippen LogP contribution in [-0.4, -0.2) is 24.2 Å². The highest BCUT2D eigenvalue weighted by Crippen LogP contribution is 2.62. The van der Waals surface area contributed by atoms with Crippen LogP contribution >= 0.6 is 7.60 Å². The van der Waals surface area contributed by atoms with Gasteiger partial charge in [-0.25, -0.2) is 9.78 Å². The van der Waals surface area contributed by atoms with Gasteiger partial charge in [0.25, 0.3) is 0 Å². The van der Waals surface area contributed by atoms with Gasteiger partial charge in [-0.1, -0.05) is 6.07 Å². The quantitative estimate of drug-likeness (QED) is 0.623. The first-order valence-electron chi connectivity index (χ1n) is 9.47. The summed E-state index contributed by atoms with van der Waals surface area (Å²) >= 11 is 0. The molecule has 2 atom stereocenters. The fourth-order valence-electron chi connectivity index (χ4n) is 5.90. The molecule has 1 saturated heterocycles. The molecular weight excluding hydrogens is 355 g/mol. The summed E-state index contributed by atoms with van der Waals surface area (Å²) in [6, 6.07) is 5.15. The molecule has 4 aliphatic carbocycles. The van der Waals surface area contributed by atoms with Crippen molar-refractivity contribution in [2.75, 3.05) is 13.7 Å². The highest BCUT2D eigenvalue weighted by atomic mass is 31.2. The molecule has 2 unspecified atom stereocenters. The molecule has 7 heteroatoms. The van der Waals surface area contributed by atoms with Crippen molar-refractivity contribution in [3.8, 4) is 5.75 Å². The Morgan fingerprint density at radius 1 is 1.15 bits per heavy atom. The SMILES string of the molecule is COc1ccc(C2COO2)c(P(=O)(O)OC23CC4CC(CC(C4)C2)C3)c1. The summed E-state index contributed by atoms with van der Waals surface area (Å²) in [6.45, 7) is 0.372. The molecule has 1 aromatic carbocycles. The number of benzene rings is 1. The van der Waals surface area contributed by atoms with E-state index in [9.17, 15) is 9.46 Å². The Kier molecular flexibility index (Phi) is 4.00. The van der Waals surface area contributed by atoms with Crippen molar-refractivity contribution in [1.29, 1.82) is 0 Å². The van der Waals surface area contributed by atoms with Gasteiger partial charge in [0, 0.05) is 5.56 Å². The number of hydrogen-bond acceptors (Lipinski definition) is 5. The molecule has 5 aliphatic rings. The summed E-state index contributed by atoms with van der Waals surface area (Å²) in [4.78, 5) is 20.9. The Bertz CT molecular complexity index is 723. The average Bonchev–Trinajstić information content (AvgIpc) is 2.51. The van der Waals surface area contributed by atoms with Crippen molar-refractivity contribution in [3.05, 3.63) is 23.8 Å². The molecule has 1 N–H and O–H groups in total. The lowest BCUT2D eigenvalue weighted by molar-refractivity contribution is -0.429. The first-order valence-corrected chi connectivity index (χ1v) is 11.0. The second kappa shape index (κ2) is 6.05. The zero-order valence-electron chi connectivity index (χ0n) is 14.9. The second-order valence-corrected chi connectivity index (χ2v) is 10.2. The molecule has 0 spiro atoms. The molecule has 6 nitrogen and oxygen atoms in total. The normalized spacial score (nSPS) is 40.1. The van der Waals surface area contributed by atoms with E-state index in [1.54, 1.807) is 25.3 Å². The van der Waals surface area contributed by atoms with Crippen LogP contribution in [0.3, 0.4) is 0 Å². The predicted octanol–water partition coefficient (Wildman–Crippen LogP) is 3.49. The minimum atomic E-state index is -4.02. The molecule has 4 saturated carbocycles. The monoisotopic (exact) mass is 380 g/mol. The number of rotatable bonds is 5. The van der Waals surface area contributed by atoms with Gasteiger partial charge < -0.3 is 9.63 Å². The number of ether oxygens (including phenoxy) is 1. The van der Waals surface area contributed by atoms with E-state index in [4.69, 9.17) is 19.0 Å². The summed E-state index contributed by atoms with van der Waals surface area (Å²) in [6.07, 6.45) is 6.17. The molecule has 1 aromatic rings. The van der Waals surface area contributed by atoms with E-state index < -0.39 is 13.2 Å². The molecule has 0 amide bonds. The number of methoxy groups -OCH3 is 1. The summed E-state index contributed by atoms with van der Waals surface area (Å²) in [5.74, 6) is 2.48. The molecule has 4 bridgehead atoms. The molecule has 1 aliphatic heterocycles. The standard InChI is InChI=1S/C19H25O6P/c1-22-15-2-3-16(17-11-23-24-17)18(7-15)26(20,21)25-19-8-12-4-13(9-19)6-14(5-12)10-19/h2-3,7,12-14,17H,4-6,8-11H2,1H3,(H,20,21). The topological polar surface area (TPSA) is 74.2 Å². The van der Waals surface area contributed by atoms with Gasteiger partial charge in [0.15, 0.2) is 0 Å². The first-order chi connectivity index (χ1) is 12.5. The van der Waals surface area contributed by atoms with Gasteiger partial charge in [0.05, 0.1) is 18.0 Å². The zero-order valence-corrected chi connectivity index (χ0v) is 15.8. The van der Waals surface area contributed by atoms with Crippen LogP contribution in [0.25, 0.3) is 0 Å². The summed E-state index contributed by atoms with van der Waals surface area (Å²) in [5.41, 5.74) is 0.198. The van der Waals surface area contributed by atoms with Crippen LogP contribution in [0.5, 0.6) is 5.75 Å². The third-order valence-electron chi connectivity index (χ3n) is 6.59. The molecule has 1 heterocycles. The van der Waals surface area contributed by atoms with Gasteiger partial charge in [-0.05, 0) is 68.4 Å². The smallest absolute Gasteiger partial charge is 0.359 e. The van der Waals surface area contributed by atoms with Crippen molar-refractivity contribution in [1.82, 2.24) is 0 Å². The van der Waals surface area contributed by atoms with Crippen LogP contribution in [0, 0.1) is 17.8 Å². The van der Waals surface area contributed by atoms with Gasteiger partial charge in [-0.2, -0.15) is 0 Å². The maximum absolute atomic E-state index is 13.4. The molecule has 142 valence electrons. The Labute approximate surface area is 153 Å². The molecule has 26 heavy (non-hydrogen) atoms. The van der Waals surface area contributed by atoms with Gasteiger partial charge in [-0.3, -0.25) is 9.09 Å². The minimum Gasteiger partial charge on any atom is -0.497 e. The van der Waals surface area contributed by atoms with Crippen LogP contribution in [0.2, 0.25) is 0 Å². The Hall–Kier alpha value is -0.910. The van der Waals surface area contributed by atoms with Crippen LogP contribution in [0.4, 0.5) is 0 Å². The van der Waals surface area contributed by atoms with Crippen molar-refractivity contribution in [2.45, 2.75) is 50.2 Å². The molecule has 0 radical (unpaired) electrons. The maximum atomic E-state index is 13.4. The van der Waals surface area contributed by atoms with E-state index in [1.165, 1.54) is 19.3 Å². The van der Waals surface area contributed by atoms with Crippen LogP contribution < -0.4 is 10.0 Å². The van der Waals surface area contributed by atoms with Crippen molar-refractivity contribution in [2.24, 2.45) is 17.8 Å². The fraction of sp³-hybridized carbons (Fsp3) is 0.684. The number of hydrogen-bond donors (Lipinski definition) is 1. The van der Waals surface area contributed by atoms with Gasteiger partial charge in [0.1, 0.15) is 18.5 Å². The second-order valence-electron chi connectivity index (χ2n) is 8.51. The highest BCUT2D eigenvalue weighted by molar-refractivity contribution is 7.61. The minimum absolute atomic E-state index is 0.279. The van der Waals surface area contributed by atoms with E-state index in [0.29, 0.717) is 35.7 Å². The summed E-state index contributed by atoms with van der Waals surface area (Å²) in [7, 11) is -2.47. The summed E-state index contributed by atoms with van der Waals surface area (Å²) in [5, 5.41) is 0.279.